The van der Waals surface area contributed by atoms with Crippen LogP contribution in [0.25, 0.3) is 11.1 Å². The average Bonchev–Trinajstić information content (AvgIpc) is 2.97. The lowest BCUT2D eigenvalue weighted by Crippen LogP contribution is -2.28. The third-order valence-electron chi connectivity index (χ3n) is 6.03. The maximum atomic E-state index is 12.3. The summed E-state index contributed by atoms with van der Waals surface area (Å²) in [7, 11) is -2.30. The Morgan fingerprint density at radius 2 is 1.59 bits per heavy atom. The number of amides is 1. The number of sulfonamides is 1. The monoisotopic (exact) mass is 588 g/mol. The Balaban J connectivity index is 1.31. The Morgan fingerprint density at radius 3 is 2.27 bits per heavy atom. The molecule has 1 amide bonds. The average molecular weight is 589 g/mol. The number of hydrogen-bond acceptors (Lipinski definition) is 6. The molecule has 5 N–H and O–H groups in total. The first-order valence-corrected chi connectivity index (χ1v) is 14.4. The summed E-state index contributed by atoms with van der Waals surface area (Å²) in [6.07, 6.45) is -0.0904. The first-order valence-electron chi connectivity index (χ1n) is 12.4. The molecule has 0 spiro atoms. The highest BCUT2D eigenvalue weighted by Crippen LogP contribution is 2.28. The van der Waals surface area contributed by atoms with E-state index in [4.69, 9.17) is 32.6 Å². The van der Waals surface area contributed by atoms with E-state index >= 15 is 0 Å². The molecule has 0 radical (unpaired) electrons. The molecule has 0 atom stereocenters. The number of nitrogens with one attached hydrogen (secondary N) is 1. The van der Waals surface area contributed by atoms with Crippen LogP contribution in [-0.2, 0) is 16.4 Å². The second-order valence-electron chi connectivity index (χ2n) is 8.86. The van der Waals surface area contributed by atoms with E-state index in [1.54, 1.807) is 61.7 Å². The summed E-state index contributed by atoms with van der Waals surface area (Å²) in [5, 5.41) is 8.04. The van der Waals surface area contributed by atoms with Crippen LogP contribution in [0.1, 0.15) is 16.7 Å². The second kappa shape index (κ2) is 13.2. The van der Waals surface area contributed by atoms with Gasteiger partial charge in [-0.3, -0.25) is 0 Å². The van der Waals surface area contributed by atoms with E-state index in [1.807, 2.05) is 36.4 Å². The van der Waals surface area contributed by atoms with E-state index < -0.39 is 16.1 Å². The number of carbonyl (C=O) groups is 1. The predicted octanol–water partition coefficient (Wildman–Crippen LogP) is 4.42. The van der Waals surface area contributed by atoms with Gasteiger partial charge in [-0.1, -0.05) is 60.7 Å². The summed E-state index contributed by atoms with van der Waals surface area (Å²) in [6.45, 7) is 0.323. The van der Waals surface area contributed by atoms with Gasteiger partial charge in [0, 0.05) is 23.2 Å². The zero-order valence-electron chi connectivity index (χ0n) is 22.1. The summed E-state index contributed by atoms with van der Waals surface area (Å²) in [5.41, 5.74) is 9.70. The molecule has 41 heavy (non-hydrogen) atoms. The standard InChI is InChI=1S/C30H28N4O5S2/c1-38-24-13-11-22(12-14-24)29(40)34-28(31)23-6-4-5-20(19-23)17-18-33-30(35)39-25-15-9-21(10-16-25)26-7-2-3-8-27(26)41(32,36)37/h2-16,19H,17-18H2,1H3,(H,33,35)(H2,31,34,40)(H2,32,36,37). The normalized spacial score (nSPS) is 11.5. The van der Waals surface area contributed by atoms with Crippen molar-refractivity contribution in [3.05, 3.63) is 114 Å². The molecule has 9 nitrogen and oxygen atoms in total. The van der Waals surface area contributed by atoms with Crippen LogP contribution in [0.15, 0.2) is 107 Å². The molecule has 0 aliphatic rings. The van der Waals surface area contributed by atoms with Gasteiger partial charge in [0.15, 0.2) is 0 Å². The van der Waals surface area contributed by atoms with Crippen molar-refractivity contribution in [1.29, 1.82) is 0 Å². The summed E-state index contributed by atoms with van der Waals surface area (Å²) in [6, 6.07) is 27.6. The fourth-order valence-electron chi connectivity index (χ4n) is 3.97. The maximum absolute atomic E-state index is 12.3. The number of hydrogen-bond donors (Lipinski definition) is 3. The fraction of sp³-hybridized carbons (Fsp3) is 0.100. The molecular formula is C30H28N4O5S2. The van der Waals surface area contributed by atoms with Gasteiger partial charge in [0.1, 0.15) is 22.3 Å². The molecule has 0 saturated heterocycles. The quantitative estimate of drug-likeness (QED) is 0.149. The van der Waals surface area contributed by atoms with Gasteiger partial charge in [-0.15, -0.1) is 0 Å². The third-order valence-corrected chi connectivity index (χ3v) is 7.33. The summed E-state index contributed by atoms with van der Waals surface area (Å²) < 4.78 is 34.3. The number of amidine groups is 1. The van der Waals surface area contributed by atoms with Crippen LogP contribution in [0, 0.1) is 0 Å². The van der Waals surface area contributed by atoms with E-state index in [1.165, 1.54) is 6.07 Å². The van der Waals surface area contributed by atoms with Crippen molar-refractivity contribution < 1.29 is 22.7 Å². The van der Waals surface area contributed by atoms with Gasteiger partial charge in [-0.25, -0.2) is 23.3 Å². The minimum absolute atomic E-state index is 0.0171. The lowest BCUT2D eigenvalue weighted by atomic mass is 10.1. The van der Waals surface area contributed by atoms with Gasteiger partial charge in [0.2, 0.25) is 10.0 Å². The summed E-state index contributed by atoms with van der Waals surface area (Å²) >= 11 is 5.41. The molecule has 0 heterocycles. The molecule has 4 rings (SSSR count). The van der Waals surface area contributed by atoms with Crippen LogP contribution >= 0.6 is 12.2 Å². The number of ether oxygens (including phenoxy) is 2. The molecule has 0 unspecified atom stereocenters. The first-order chi connectivity index (χ1) is 19.6. The van der Waals surface area contributed by atoms with Crippen LogP contribution in [0.4, 0.5) is 4.79 Å². The highest BCUT2D eigenvalue weighted by molar-refractivity contribution is 7.89. The molecular weight excluding hydrogens is 560 g/mol. The molecule has 0 aliphatic carbocycles. The maximum Gasteiger partial charge on any atom is 0.412 e. The zero-order valence-corrected chi connectivity index (χ0v) is 23.7. The lowest BCUT2D eigenvalue weighted by Gasteiger charge is -2.10. The van der Waals surface area contributed by atoms with Crippen LogP contribution in [0.3, 0.4) is 0 Å². The molecule has 0 aromatic heterocycles. The molecule has 210 valence electrons. The third kappa shape index (κ3) is 7.98. The largest absolute Gasteiger partial charge is 0.497 e. The Morgan fingerprint density at radius 1 is 0.902 bits per heavy atom. The van der Waals surface area contributed by atoms with Crippen molar-refractivity contribution in [1.82, 2.24) is 5.32 Å². The summed E-state index contributed by atoms with van der Waals surface area (Å²) in [5.74, 6) is 1.31. The zero-order chi connectivity index (χ0) is 29.4. The van der Waals surface area contributed by atoms with Gasteiger partial charge in [0.25, 0.3) is 0 Å². The van der Waals surface area contributed by atoms with E-state index in [9.17, 15) is 13.2 Å². The molecule has 4 aromatic rings. The van der Waals surface area contributed by atoms with Crippen molar-refractivity contribution in [3.8, 4) is 22.6 Å². The van der Waals surface area contributed by atoms with Crippen LogP contribution < -0.4 is 25.7 Å². The van der Waals surface area contributed by atoms with Crippen molar-refractivity contribution >= 4 is 39.2 Å². The Hall–Kier alpha value is -4.58. The Bertz CT molecular complexity index is 1690. The van der Waals surface area contributed by atoms with E-state index in [2.05, 4.69) is 10.3 Å². The van der Waals surface area contributed by atoms with Crippen molar-refractivity contribution in [2.75, 3.05) is 13.7 Å². The van der Waals surface area contributed by atoms with E-state index in [0.29, 0.717) is 40.4 Å². The molecule has 0 fully saturated rings. The summed E-state index contributed by atoms with van der Waals surface area (Å²) in [4.78, 5) is 17.1. The number of benzene rings is 4. The van der Waals surface area contributed by atoms with E-state index in [0.717, 1.165) is 16.9 Å². The lowest BCUT2D eigenvalue weighted by molar-refractivity contribution is 0.200. The Kier molecular flexibility index (Phi) is 9.45. The number of nitrogens with two attached hydrogens (primary N) is 2. The smallest absolute Gasteiger partial charge is 0.412 e. The number of aliphatic imine (C=N–C) groups is 1. The minimum Gasteiger partial charge on any atom is -0.497 e. The number of methoxy groups -OCH3 is 1. The molecule has 4 aromatic carbocycles. The fourth-order valence-corrected chi connectivity index (χ4v) is 4.96. The number of rotatable bonds is 9. The SMILES string of the molecule is COc1ccc(C(=S)N=C(N)c2cccc(CCNC(=O)Oc3ccc(-c4ccccc4S(N)(=O)=O)cc3)c2)cc1. The molecule has 0 aliphatic heterocycles. The first kappa shape index (κ1) is 29.4. The number of nitrogens with zero attached hydrogens (tertiary/aromatic N) is 1. The topological polar surface area (TPSA) is 146 Å². The van der Waals surface area contributed by atoms with E-state index in [-0.39, 0.29) is 10.7 Å². The number of primary sulfonamides is 1. The van der Waals surface area contributed by atoms with Crippen LogP contribution in [0.5, 0.6) is 11.5 Å². The molecule has 0 bridgehead atoms. The highest BCUT2D eigenvalue weighted by Gasteiger charge is 2.15. The Labute approximate surface area is 243 Å². The minimum atomic E-state index is -3.89. The number of thiocarbonyl (C=S) groups is 1. The van der Waals surface area contributed by atoms with Gasteiger partial charge >= 0.3 is 6.09 Å². The second-order valence-corrected chi connectivity index (χ2v) is 10.8. The van der Waals surface area contributed by atoms with Crippen molar-refractivity contribution in [2.45, 2.75) is 11.3 Å². The van der Waals surface area contributed by atoms with Gasteiger partial charge < -0.3 is 20.5 Å². The van der Waals surface area contributed by atoms with Crippen molar-refractivity contribution in [2.24, 2.45) is 15.9 Å². The van der Waals surface area contributed by atoms with Crippen LogP contribution in [-0.4, -0.2) is 39.0 Å². The molecule has 0 saturated carbocycles. The van der Waals surface area contributed by atoms with Crippen molar-refractivity contribution in [3.63, 3.8) is 0 Å². The van der Waals surface area contributed by atoms with Gasteiger partial charge in [-0.05, 0) is 66.1 Å². The van der Waals surface area contributed by atoms with Crippen LogP contribution in [0.2, 0.25) is 0 Å². The number of carbonyl (C=O) groups excluding carboxylic acids is 1. The molecule has 11 heteroatoms. The van der Waals surface area contributed by atoms with Gasteiger partial charge in [-0.2, -0.15) is 0 Å². The van der Waals surface area contributed by atoms with Gasteiger partial charge in [0.05, 0.1) is 12.0 Å². The highest BCUT2D eigenvalue weighted by atomic mass is 32.2. The predicted molar refractivity (Wildman–Crippen MR) is 163 cm³/mol.